The molecule has 11 rings (SSSR count). The van der Waals surface area contributed by atoms with Gasteiger partial charge in [0.25, 0.3) is 0 Å². The third-order valence-electron chi connectivity index (χ3n) is 11.3. The van der Waals surface area contributed by atoms with Crippen LogP contribution < -0.4 is 4.90 Å². The molecule has 56 heavy (non-hydrogen) atoms. The van der Waals surface area contributed by atoms with Gasteiger partial charge >= 0.3 is 0 Å². The van der Waals surface area contributed by atoms with Crippen LogP contribution >= 0.6 is 11.3 Å². The first-order valence-electron chi connectivity index (χ1n) is 19.2. The summed E-state index contributed by atoms with van der Waals surface area (Å²) in [6.45, 7) is 0. The number of hydrogen-bond donors (Lipinski definition) is 0. The fourth-order valence-electron chi connectivity index (χ4n) is 8.60. The van der Waals surface area contributed by atoms with E-state index in [1.54, 1.807) is 0 Å². The van der Waals surface area contributed by atoms with Crippen molar-refractivity contribution in [3.05, 3.63) is 212 Å². The lowest BCUT2D eigenvalue weighted by Gasteiger charge is -2.29. The van der Waals surface area contributed by atoms with Crippen LogP contribution in [0.15, 0.2) is 212 Å². The predicted molar refractivity (Wildman–Crippen MR) is 243 cm³/mol. The maximum atomic E-state index is 2.47. The van der Waals surface area contributed by atoms with Crippen LogP contribution in [-0.2, 0) is 0 Å². The van der Waals surface area contributed by atoms with Crippen LogP contribution in [0.1, 0.15) is 0 Å². The second-order valence-electron chi connectivity index (χ2n) is 14.4. The highest BCUT2D eigenvalue weighted by Crippen LogP contribution is 2.49. The van der Waals surface area contributed by atoms with Gasteiger partial charge in [-0.05, 0) is 96.5 Å². The van der Waals surface area contributed by atoms with E-state index >= 15 is 0 Å². The van der Waals surface area contributed by atoms with Crippen LogP contribution in [0.5, 0.6) is 0 Å². The Labute approximate surface area is 330 Å². The molecule has 0 N–H and O–H groups in total. The Morgan fingerprint density at radius 2 is 0.714 bits per heavy atom. The van der Waals surface area contributed by atoms with Crippen LogP contribution in [0.2, 0.25) is 0 Å². The van der Waals surface area contributed by atoms with Gasteiger partial charge in [0.05, 0.1) is 5.69 Å². The Hall–Kier alpha value is -7.00. The minimum absolute atomic E-state index is 1.11. The van der Waals surface area contributed by atoms with Crippen molar-refractivity contribution >= 4 is 80.9 Å². The normalized spacial score (nSPS) is 11.6. The summed E-state index contributed by atoms with van der Waals surface area (Å²) in [5.74, 6) is 0. The highest BCUT2D eigenvalue weighted by Gasteiger charge is 2.23. The van der Waals surface area contributed by atoms with Gasteiger partial charge in [-0.25, -0.2) is 0 Å². The summed E-state index contributed by atoms with van der Waals surface area (Å²) >= 11 is 1.88. The molecule has 0 atom stereocenters. The second-order valence-corrected chi connectivity index (χ2v) is 15.5. The molecule has 0 aliphatic rings. The molecular weight excluding hydrogens is 695 g/mol. The van der Waals surface area contributed by atoms with Crippen LogP contribution in [0.25, 0.3) is 85.9 Å². The van der Waals surface area contributed by atoms with Crippen molar-refractivity contribution in [1.82, 2.24) is 0 Å². The molecule has 0 unspecified atom stereocenters. The van der Waals surface area contributed by atoms with Gasteiger partial charge in [0, 0.05) is 37.1 Å². The smallest absolute Gasteiger partial charge is 0.0554 e. The topological polar surface area (TPSA) is 3.24 Å². The largest absolute Gasteiger partial charge is 0.310 e. The van der Waals surface area contributed by atoms with E-state index in [2.05, 4.69) is 217 Å². The average molecular weight is 730 g/mol. The minimum Gasteiger partial charge on any atom is -0.310 e. The highest BCUT2D eigenvalue weighted by molar-refractivity contribution is 7.26. The quantitative estimate of drug-likeness (QED) is 0.154. The van der Waals surface area contributed by atoms with Crippen LogP contribution in [0, 0.1) is 0 Å². The molecule has 0 radical (unpaired) electrons. The number of benzene rings is 10. The van der Waals surface area contributed by atoms with Crippen LogP contribution in [0.4, 0.5) is 17.1 Å². The fourth-order valence-corrected chi connectivity index (χ4v) is 9.87. The molecule has 1 heterocycles. The Kier molecular flexibility index (Phi) is 7.75. The van der Waals surface area contributed by atoms with Crippen molar-refractivity contribution in [2.75, 3.05) is 4.90 Å². The summed E-state index contributed by atoms with van der Waals surface area (Å²) in [6.07, 6.45) is 0. The lowest BCUT2D eigenvalue weighted by Crippen LogP contribution is -2.11. The summed E-state index contributed by atoms with van der Waals surface area (Å²) in [5, 5.41) is 10.2. The van der Waals surface area contributed by atoms with E-state index in [1.165, 1.54) is 85.9 Å². The first-order chi connectivity index (χ1) is 27.8. The Balaban J connectivity index is 1.19. The van der Waals surface area contributed by atoms with E-state index in [0.29, 0.717) is 0 Å². The van der Waals surface area contributed by atoms with Gasteiger partial charge in [-0.15, -0.1) is 11.3 Å². The summed E-state index contributed by atoms with van der Waals surface area (Å²) in [6, 6.07) is 77.7. The molecule has 2 heteroatoms. The fraction of sp³-hybridized carbons (Fsp3) is 0. The highest BCUT2D eigenvalue weighted by atomic mass is 32.1. The van der Waals surface area contributed by atoms with Gasteiger partial charge in [-0.2, -0.15) is 0 Å². The molecule has 0 saturated heterocycles. The number of anilines is 3. The molecule has 262 valence electrons. The molecule has 1 nitrogen and oxygen atoms in total. The standard InChI is InChI=1S/C54H35NS/c1-3-13-36(14-4-1)38-23-25-40(26-24-38)53-51(34-33-49-48-21-11-12-22-52(48)56-54(49)53)55(41-29-27-39(28-30-41)37-15-5-2-6-16-37)42-31-32-47-45-19-8-7-17-43(45)44-18-9-10-20-46(44)50(47)35-42/h1-35H. The molecule has 0 fully saturated rings. The number of nitrogens with zero attached hydrogens (tertiary/aromatic N) is 1. The predicted octanol–water partition coefficient (Wildman–Crippen LogP) is 16.0. The lowest BCUT2D eigenvalue weighted by atomic mass is 9.93. The molecule has 0 amide bonds. The zero-order chi connectivity index (χ0) is 37.0. The van der Waals surface area contributed by atoms with Crippen molar-refractivity contribution < 1.29 is 0 Å². The van der Waals surface area contributed by atoms with Crippen molar-refractivity contribution in [3.8, 4) is 33.4 Å². The van der Waals surface area contributed by atoms with E-state index in [-0.39, 0.29) is 0 Å². The molecule has 0 saturated carbocycles. The molecule has 0 aliphatic heterocycles. The van der Waals surface area contributed by atoms with Crippen molar-refractivity contribution in [1.29, 1.82) is 0 Å². The molecular formula is C54H35NS. The SMILES string of the molecule is c1ccc(-c2ccc(-c3c(N(c4ccc(-c5ccccc5)cc4)c4ccc5c6ccccc6c6ccccc6c5c4)ccc4c3sc3ccccc34)cc2)cc1. The van der Waals surface area contributed by atoms with E-state index in [0.717, 1.165) is 17.1 Å². The van der Waals surface area contributed by atoms with E-state index in [1.807, 2.05) is 11.3 Å². The Bertz CT molecular complexity index is 3180. The van der Waals surface area contributed by atoms with Gasteiger partial charge in [0.1, 0.15) is 0 Å². The summed E-state index contributed by atoms with van der Waals surface area (Å²) in [5.41, 5.74) is 10.6. The third kappa shape index (κ3) is 5.38. The van der Waals surface area contributed by atoms with Crippen LogP contribution in [-0.4, -0.2) is 0 Å². The zero-order valence-corrected chi connectivity index (χ0v) is 31.4. The van der Waals surface area contributed by atoms with E-state index in [9.17, 15) is 0 Å². The maximum Gasteiger partial charge on any atom is 0.0554 e. The van der Waals surface area contributed by atoms with Gasteiger partial charge in [0.15, 0.2) is 0 Å². The Morgan fingerprint density at radius 1 is 0.286 bits per heavy atom. The van der Waals surface area contributed by atoms with Crippen molar-refractivity contribution in [2.45, 2.75) is 0 Å². The Morgan fingerprint density at radius 3 is 1.32 bits per heavy atom. The molecule has 0 aliphatic carbocycles. The number of hydrogen-bond acceptors (Lipinski definition) is 2. The molecule has 0 bridgehead atoms. The van der Waals surface area contributed by atoms with Gasteiger partial charge < -0.3 is 4.90 Å². The minimum atomic E-state index is 1.11. The van der Waals surface area contributed by atoms with Crippen molar-refractivity contribution in [3.63, 3.8) is 0 Å². The maximum absolute atomic E-state index is 2.47. The lowest BCUT2D eigenvalue weighted by molar-refractivity contribution is 1.30. The average Bonchev–Trinajstić information content (AvgIpc) is 3.66. The second kappa shape index (κ2) is 13.4. The summed E-state index contributed by atoms with van der Waals surface area (Å²) < 4.78 is 2.59. The molecule has 11 aromatic rings. The molecule has 0 spiro atoms. The molecule has 1 aromatic heterocycles. The van der Waals surface area contributed by atoms with Gasteiger partial charge in [0.2, 0.25) is 0 Å². The number of rotatable bonds is 6. The summed E-state index contributed by atoms with van der Waals surface area (Å²) in [4.78, 5) is 2.47. The summed E-state index contributed by atoms with van der Waals surface area (Å²) in [7, 11) is 0. The van der Waals surface area contributed by atoms with Crippen LogP contribution in [0.3, 0.4) is 0 Å². The van der Waals surface area contributed by atoms with E-state index < -0.39 is 0 Å². The van der Waals surface area contributed by atoms with Gasteiger partial charge in [-0.1, -0.05) is 176 Å². The van der Waals surface area contributed by atoms with Gasteiger partial charge in [-0.3, -0.25) is 0 Å². The zero-order valence-electron chi connectivity index (χ0n) is 30.6. The number of fused-ring (bicyclic) bond motifs is 9. The first-order valence-corrected chi connectivity index (χ1v) is 20.0. The monoisotopic (exact) mass is 729 g/mol. The number of thiophene rings is 1. The molecule has 10 aromatic carbocycles. The third-order valence-corrected chi connectivity index (χ3v) is 12.5. The van der Waals surface area contributed by atoms with E-state index in [4.69, 9.17) is 0 Å². The first kappa shape index (κ1) is 32.4. The van der Waals surface area contributed by atoms with Crippen molar-refractivity contribution in [2.24, 2.45) is 0 Å².